The van der Waals surface area contributed by atoms with Gasteiger partial charge in [0.25, 0.3) is 5.91 Å². The van der Waals surface area contributed by atoms with E-state index in [9.17, 15) is 4.79 Å². The van der Waals surface area contributed by atoms with E-state index in [0.717, 1.165) is 5.82 Å². The first-order valence-electron chi connectivity index (χ1n) is 6.77. The summed E-state index contributed by atoms with van der Waals surface area (Å²) in [4.78, 5) is 18.1. The number of anilines is 2. The second kappa shape index (κ2) is 5.08. The maximum absolute atomic E-state index is 12.2. The van der Waals surface area contributed by atoms with E-state index >= 15 is 0 Å². The Morgan fingerprint density at radius 2 is 2.24 bits per heavy atom. The molecule has 7 heteroatoms. The van der Waals surface area contributed by atoms with Crippen molar-refractivity contribution in [1.29, 1.82) is 0 Å². The van der Waals surface area contributed by atoms with Gasteiger partial charge in [-0.15, -0.1) is 0 Å². The Morgan fingerprint density at radius 3 is 3.00 bits per heavy atom. The molecule has 0 spiro atoms. The smallest absolute Gasteiger partial charge is 0.265 e. The molecule has 0 saturated carbocycles. The zero-order chi connectivity index (χ0) is 15.0. The van der Waals surface area contributed by atoms with Gasteiger partial charge in [0, 0.05) is 17.8 Å². The predicted molar refractivity (Wildman–Crippen MR) is 77.9 cm³/mol. The number of rotatable bonds is 3. The molecule has 0 unspecified atom stereocenters. The number of nitrogen functional groups attached to an aromatic ring is 1. The number of ether oxygens (including phenoxy) is 1. The van der Waals surface area contributed by atoms with Crippen molar-refractivity contribution in [2.24, 2.45) is 0 Å². The largest absolute Gasteiger partial charge is 0.481 e. The van der Waals surface area contributed by atoms with E-state index in [1.165, 1.54) is 6.33 Å². The lowest BCUT2D eigenvalue weighted by Gasteiger charge is -2.29. The maximum atomic E-state index is 12.2. The molecule has 21 heavy (non-hydrogen) atoms. The van der Waals surface area contributed by atoms with Crippen LogP contribution in [0.4, 0.5) is 11.4 Å². The number of benzene rings is 1. The van der Waals surface area contributed by atoms with Gasteiger partial charge in [0.05, 0.1) is 12.2 Å². The molecule has 1 aromatic carbocycles. The van der Waals surface area contributed by atoms with Crippen LogP contribution in [-0.2, 0) is 11.3 Å². The summed E-state index contributed by atoms with van der Waals surface area (Å²) < 4.78 is 7.23. The van der Waals surface area contributed by atoms with Crippen molar-refractivity contribution in [3.8, 4) is 5.75 Å². The van der Waals surface area contributed by atoms with E-state index in [1.54, 1.807) is 27.8 Å². The van der Waals surface area contributed by atoms with Crippen molar-refractivity contribution in [3.63, 3.8) is 0 Å². The van der Waals surface area contributed by atoms with Gasteiger partial charge in [-0.3, -0.25) is 9.69 Å². The molecule has 2 aromatic rings. The minimum Gasteiger partial charge on any atom is -0.481 e. The monoisotopic (exact) mass is 287 g/mol. The van der Waals surface area contributed by atoms with E-state index in [4.69, 9.17) is 10.5 Å². The predicted octanol–water partition coefficient (Wildman–Crippen LogP) is 1.37. The molecule has 3 rings (SSSR count). The van der Waals surface area contributed by atoms with Crippen LogP contribution in [0.1, 0.15) is 25.7 Å². The molecule has 1 aliphatic heterocycles. The van der Waals surface area contributed by atoms with E-state index in [1.807, 2.05) is 13.8 Å². The fraction of sp³-hybridized carbons (Fsp3) is 0.357. The minimum atomic E-state index is -0.106. The molecule has 0 fully saturated rings. The van der Waals surface area contributed by atoms with Gasteiger partial charge in [-0.1, -0.05) is 0 Å². The number of hydrogen-bond donors (Lipinski definition) is 1. The number of hydrogen-bond acceptors (Lipinski definition) is 5. The molecule has 2 heterocycles. The van der Waals surface area contributed by atoms with Crippen molar-refractivity contribution in [2.45, 2.75) is 26.4 Å². The van der Waals surface area contributed by atoms with Gasteiger partial charge in [0.1, 0.15) is 17.9 Å². The van der Waals surface area contributed by atoms with Crippen LogP contribution in [0.5, 0.6) is 5.75 Å². The molecule has 1 amide bonds. The van der Waals surface area contributed by atoms with Crippen LogP contribution in [-0.4, -0.2) is 27.3 Å². The van der Waals surface area contributed by atoms with Gasteiger partial charge >= 0.3 is 0 Å². The lowest BCUT2D eigenvalue weighted by molar-refractivity contribution is -0.121. The summed E-state index contributed by atoms with van der Waals surface area (Å²) >= 11 is 0. The van der Waals surface area contributed by atoms with Crippen LogP contribution in [0.15, 0.2) is 24.5 Å². The van der Waals surface area contributed by atoms with Crippen LogP contribution >= 0.6 is 0 Å². The third-order valence-corrected chi connectivity index (χ3v) is 3.36. The second-order valence-electron chi connectivity index (χ2n) is 5.21. The molecule has 7 nitrogen and oxygen atoms in total. The fourth-order valence-corrected chi connectivity index (χ4v) is 2.35. The fourth-order valence-electron chi connectivity index (χ4n) is 2.35. The third-order valence-electron chi connectivity index (χ3n) is 3.36. The molecule has 0 radical (unpaired) electrons. The van der Waals surface area contributed by atoms with Crippen molar-refractivity contribution >= 4 is 17.3 Å². The van der Waals surface area contributed by atoms with E-state index in [-0.39, 0.29) is 18.6 Å². The summed E-state index contributed by atoms with van der Waals surface area (Å²) in [6.07, 6.45) is 1.50. The zero-order valence-electron chi connectivity index (χ0n) is 12.0. The molecule has 0 bridgehead atoms. The van der Waals surface area contributed by atoms with Crippen LogP contribution in [0.3, 0.4) is 0 Å². The molecule has 0 aliphatic carbocycles. The first kappa shape index (κ1) is 13.4. The van der Waals surface area contributed by atoms with Crippen molar-refractivity contribution < 1.29 is 9.53 Å². The highest BCUT2D eigenvalue weighted by Gasteiger charge is 2.27. The van der Waals surface area contributed by atoms with Crippen molar-refractivity contribution in [1.82, 2.24) is 14.8 Å². The molecule has 0 saturated heterocycles. The van der Waals surface area contributed by atoms with Gasteiger partial charge in [-0.05, 0) is 26.0 Å². The highest BCUT2D eigenvalue weighted by Crippen LogP contribution is 2.34. The Hall–Kier alpha value is -2.57. The highest BCUT2D eigenvalue weighted by atomic mass is 16.5. The number of amides is 1. The quantitative estimate of drug-likeness (QED) is 0.861. The summed E-state index contributed by atoms with van der Waals surface area (Å²) in [5.74, 6) is 1.25. The Morgan fingerprint density at radius 1 is 1.43 bits per heavy atom. The molecular weight excluding hydrogens is 270 g/mol. The normalized spacial score (nSPS) is 14.2. The van der Waals surface area contributed by atoms with Gasteiger partial charge in [-0.25, -0.2) is 9.67 Å². The Balaban J connectivity index is 1.95. The average Bonchev–Trinajstić information content (AvgIpc) is 2.90. The molecule has 1 aliphatic rings. The van der Waals surface area contributed by atoms with Crippen LogP contribution in [0, 0.1) is 0 Å². The van der Waals surface area contributed by atoms with E-state index < -0.39 is 0 Å². The molecule has 2 N–H and O–H groups in total. The Labute approximate surface area is 122 Å². The third kappa shape index (κ3) is 2.42. The molecule has 110 valence electrons. The summed E-state index contributed by atoms with van der Waals surface area (Å²) in [6.45, 7) is 4.41. The average molecular weight is 287 g/mol. The highest BCUT2D eigenvalue weighted by molar-refractivity contribution is 5.97. The number of nitrogens with two attached hydrogens (primary N) is 1. The topological polar surface area (TPSA) is 86.3 Å². The summed E-state index contributed by atoms with van der Waals surface area (Å²) in [5.41, 5.74) is 7.06. The van der Waals surface area contributed by atoms with Crippen LogP contribution in [0.2, 0.25) is 0 Å². The van der Waals surface area contributed by atoms with Gasteiger partial charge in [-0.2, -0.15) is 5.10 Å². The molecular formula is C14H17N5O2. The SMILES string of the molecule is CC(C)n1ncnc1CN1C(=O)COc2cc(N)ccc21. The van der Waals surface area contributed by atoms with E-state index in [2.05, 4.69) is 10.1 Å². The Kier molecular flexibility index (Phi) is 3.25. The zero-order valence-corrected chi connectivity index (χ0v) is 12.0. The second-order valence-corrected chi connectivity index (χ2v) is 5.21. The van der Waals surface area contributed by atoms with Crippen LogP contribution in [0.25, 0.3) is 0 Å². The van der Waals surface area contributed by atoms with E-state index in [0.29, 0.717) is 23.7 Å². The maximum Gasteiger partial charge on any atom is 0.265 e. The Bertz CT molecular complexity index is 680. The number of fused-ring (bicyclic) bond motifs is 1. The first-order chi connectivity index (χ1) is 10.1. The lowest BCUT2D eigenvalue weighted by Crippen LogP contribution is -2.39. The number of carbonyl (C=O) groups is 1. The molecule has 0 atom stereocenters. The van der Waals surface area contributed by atoms with Crippen molar-refractivity contribution in [3.05, 3.63) is 30.4 Å². The number of nitrogens with zero attached hydrogens (tertiary/aromatic N) is 4. The molecule has 1 aromatic heterocycles. The summed E-state index contributed by atoms with van der Waals surface area (Å²) in [5, 5.41) is 4.19. The van der Waals surface area contributed by atoms with Gasteiger partial charge in [0.2, 0.25) is 0 Å². The number of aromatic nitrogens is 3. The first-order valence-corrected chi connectivity index (χ1v) is 6.77. The minimum absolute atomic E-state index is 0.00622. The van der Waals surface area contributed by atoms with Gasteiger partial charge < -0.3 is 10.5 Å². The summed E-state index contributed by atoms with van der Waals surface area (Å²) in [6, 6.07) is 5.45. The lowest BCUT2D eigenvalue weighted by atomic mass is 10.2. The van der Waals surface area contributed by atoms with Crippen molar-refractivity contribution in [2.75, 3.05) is 17.2 Å². The standard InChI is InChI=1S/C14H17N5O2/c1-9(2)19-13(16-8-17-19)6-18-11-4-3-10(15)5-12(11)21-7-14(18)20/h3-5,8-9H,6-7,15H2,1-2H3. The van der Waals surface area contributed by atoms with Crippen LogP contribution < -0.4 is 15.4 Å². The van der Waals surface area contributed by atoms with Gasteiger partial charge in [0.15, 0.2) is 6.61 Å². The summed E-state index contributed by atoms with van der Waals surface area (Å²) in [7, 11) is 0. The number of carbonyl (C=O) groups excluding carboxylic acids is 1.